The van der Waals surface area contributed by atoms with Crippen LogP contribution in [-0.4, -0.2) is 32.1 Å². The van der Waals surface area contributed by atoms with Gasteiger partial charge in [-0.3, -0.25) is 9.52 Å². The lowest BCUT2D eigenvalue weighted by Crippen LogP contribution is -2.42. The quantitative estimate of drug-likeness (QED) is 0.801. The molecule has 0 aromatic heterocycles. The van der Waals surface area contributed by atoms with Gasteiger partial charge in [0.05, 0.1) is 16.8 Å². The van der Waals surface area contributed by atoms with E-state index in [0.717, 1.165) is 0 Å². The summed E-state index contributed by atoms with van der Waals surface area (Å²) >= 11 is 2.93. The van der Waals surface area contributed by atoms with Gasteiger partial charge in [-0.25, -0.2) is 8.42 Å². The van der Waals surface area contributed by atoms with E-state index in [0.29, 0.717) is 23.7 Å². The van der Waals surface area contributed by atoms with Crippen LogP contribution in [0.15, 0.2) is 18.2 Å². The highest BCUT2D eigenvalue weighted by molar-refractivity contribution is 9.10. The number of fused-ring (bicyclic) bond motifs is 1. The first kappa shape index (κ1) is 17.1. The van der Waals surface area contributed by atoms with Gasteiger partial charge in [-0.15, -0.1) is 0 Å². The molecule has 8 heteroatoms. The van der Waals surface area contributed by atoms with Crippen molar-refractivity contribution in [2.24, 2.45) is 5.41 Å². The first-order chi connectivity index (χ1) is 10.2. The minimum absolute atomic E-state index is 0.0470. The first-order valence-electron chi connectivity index (χ1n) is 6.85. The Balaban J connectivity index is 2.46. The van der Waals surface area contributed by atoms with Crippen molar-refractivity contribution in [1.29, 1.82) is 0 Å². The Morgan fingerprint density at radius 1 is 1.41 bits per heavy atom. The molecule has 0 fully saturated rings. The highest BCUT2D eigenvalue weighted by Gasteiger charge is 2.37. The maximum Gasteiger partial charge on any atom is 0.242 e. The largest absolute Gasteiger partial charge is 0.490 e. The highest BCUT2D eigenvalue weighted by atomic mass is 79.9. The van der Waals surface area contributed by atoms with Gasteiger partial charge in [0.2, 0.25) is 15.9 Å². The summed E-state index contributed by atoms with van der Waals surface area (Å²) in [5.74, 6) is 0.525. The van der Waals surface area contributed by atoms with Crippen LogP contribution >= 0.6 is 15.9 Å². The molecule has 0 unspecified atom stereocenters. The Morgan fingerprint density at radius 3 is 2.68 bits per heavy atom. The van der Waals surface area contributed by atoms with Gasteiger partial charge >= 0.3 is 0 Å². The Labute approximate surface area is 139 Å². The van der Waals surface area contributed by atoms with Crippen molar-refractivity contribution in [3.05, 3.63) is 18.2 Å². The molecule has 1 aromatic rings. The van der Waals surface area contributed by atoms with Crippen LogP contribution in [0.3, 0.4) is 0 Å². The van der Waals surface area contributed by atoms with Gasteiger partial charge in [-0.05, 0) is 39.0 Å². The van der Waals surface area contributed by atoms with Crippen molar-refractivity contribution in [2.45, 2.75) is 20.8 Å². The topological polar surface area (TPSA) is 75.7 Å². The van der Waals surface area contributed by atoms with Crippen LogP contribution in [0.25, 0.3) is 0 Å². The van der Waals surface area contributed by atoms with Gasteiger partial charge in [0.15, 0.2) is 0 Å². The van der Waals surface area contributed by atoms with Gasteiger partial charge in [-0.2, -0.15) is 0 Å². The van der Waals surface area contributed by atoms with E-state index in [1.165, 1.54) is 0 Å². The third-order valence-electron chi connectivity index (χ3n) is 3.40. The van der Waals surface area contributed by atoms with Crippen LogP contribution in [0, 0.1) is 5.41 Å². The van der Waals surface area contributed by atoms with Crippen molar-refractivity contribution in [2.75, 3.05) is 27.4 Å². The zero-order valence-corrected chi connectivity index (χ0v) is 15.1. The summed E-state index contributed by atoms with van der Waals surface area (Å²) in [7, 11) is -3.45. The molecule has 22 heavy (non-hydrogen) atoms. The summed E-state index contributed by atoms with van der Waals surface area (Å²) in [5.41, 5.74) is 0.338. The second-order valence-corrected chi connectivity index (χ2v) is 8.76. The number of alkyl halides is 1. The second kappa shape index (κ2) is 6.08. The molecule has 0 radical (unpaired) electrons. The molecule has 2 rings (SSSR count). The van der Waals surface area contributed by atoms with Crippen molar-refractivity contribution in [3.8, 4) is 5.75 Å². The minimum atomic E-state index is -3.45. The van der Waals surface area contributed by atoms with E-state index in [1.54, 1.807) is 23.1 Å². The summed E-state index contributed by atoms with van der Waals surface area (Å²) in [6.45, 7) is 6.30. The number of carbonyl (C=O) groups excluding carboxylic acids is 1. The van der Waals surface area contributed by atoms with Gasteiger partial charge < -0.3 is 9.64 Å². The Hall–Kier alpha value is -1.28. The van der Waals surface area contributed by atoms with Crippen LogP contribution in [0.4, 0.5) is 11.4 Å². The number of anilines is 2. The molecule has 0 saturated carbocycles. The van der Waals surface area contributed by atoms with E-state index in [1.807, 2.05) is 20.8 Å². The first-order valence-corrected chi connectivity index (χ1v) is 9.63. The molecule has 1 N–H and O–H groups in total. The van der Waals surface area contributed by atoms with Crippen LogP contribution in [-0.2, 0) is 14.8 Å². The van der Waals surface area contributed by atoms with E-state index in [4.69, 9.17) is 4.74 Å². The van der Waals surface area contributed by atoms with E-state index in [2.05, 4.69) is 20.7 Å². The summed E-state index contributed by atoms with van der Waals surface area (Å²) in [6, 6.07) is 4.92. The molecule has 0 atom stereocenters. The summed E-state index contributed by atoms with van der Waals surface area (Å²) in [5, 5.41) is 0. The average molecular weight is 391 g/mol. The molecule has 1 aliphatic rings. The summed E-state index contributed by atoms with van der Waals surface area (Å²) in [6.07, 6.45) is 0. The van der Waals surface area contributed by atoms with E-state index in [9.17, 15) is 13.2 Å². The van der Waals surface area contributed by atoms with Gasteiger partial charge in [0, 0.05) is 6.54 Å². The van der Waals surface area contributed by atoms with Crippen LogP contribution < -0.4 is 14.4 Å². The Morgan fingerprint density at radius 2 is 2.09 bits per heavy atom. The number of sulfonamides is 1. The lowest BCUT2D eigenvalue weighted by Gasteiger charge is -2.27. The third-order valence-corrected chi connectivity index (χ3v) is 6.04. The van der Waals surface area contributed by atoms with Crippen molar-refractivity contribution in [1.82, 2.24) is 0 Å². The number of rotatable bonds is 4. The van der Waals surface area contributed by atoms with Crippen LogP contribution in [0.1, 0.15) is 20.8 Å². The number of nitrogens with one attached hydrogen (secondary N) is 1. The predicted molar refractivity (Wildman–Crippen MR) is 90.1 cm³/mol. The second-order valence-electron chi connectivity index (χ2n) is 5.73. The lowest BCUT2D eigenvalue weighted by atomic mass is 9.93. The molecule has 1 aromatic carbocycles. The number of hydrogen-bond donors (Lipinski definition) is 1. The fourth-order valence-electron chi connectivity index (χ4n) is 2.23. The molecule has 6 nitrogen and oxygen atoms in total. The molecule has 0 aliphatic carbocycles. The zero-order chi connectivity index (χ0) is 16.5. The van der Waals surface area contributed by atoms with Crippen molar-refractivity contribution >= 4 is 43.2 Å². The predicted octanol–water partition coefficient (Wildman–Crippen LogP) is 2.55. The van der Waals surface area contributed by atoms with Gasteiger partial charge in [0.1, 0.15) is 17.0 Å². The lowest BCUT2D eigenvalue weighted by molar-refractivity contribution is -0.127. The average Bonchev–Trinajstić information content (AvgIpc) is 2.55. The standard InChI is InChI=1S/C14H19BrN2O4S/c1-4-17-11-7-10(16-22(19,20)9-15)5-6-12(11)21-8-14(2,3)13(17)18/h5-7,16H,4,8-9H2,1-3H3. The fraction of sp³-hybridized carbons (Fsp3) is 0.500. The van der Waals surface area contributed by atoms with Crippen molar-refractivity contribution < 1.29 is 17.9 Å². The maximum atomic E-state index is 12.6. The maximum absolute atomic E-state index is 12.6. The van der Waals surface area contributed by atoms with Crippen molar-refractivity contribution in [3.63, 3.8) is 0 Å². The molecule has 1 amide bonds. The number of benzene rings is 1. The Bertz CT molecular complexity index is 688. The zero-order valence-electron chi connectivity index (χ0n) is 12.7. The number of amides is 1. The van der Waals surface area contributed by atoms with E-state index in [-0.39, 0.29) is 17.2 Å². The number of hydrogen-bond acceptors (Lipinski definition) is 4. The molecule has 1 heterocycles. The summed E-state index contributed by atoms with van der Waals surface area (Å²) < 4.78 is 31.3. The minimum Gasteiger partial charge on any atom is -0.490 e. The normalized spacial score (nSPS) is 17.5. The third kappa shape index (κ3) is 3.38. The van der Waals surface area contributed by atoms with Gasteiger partial charge in [0.25, 0.3) is 0 Å². The van der Waals surface area contributed by atoms with Crippen LogP contribution in [0.5, 0.6) is 5.75 Å². The monoisotopic (exact) mass is 390 g/mol. The van der Waals surface area contributed by atoms with Crippen LogP contribution in [0.2, 0.25) is 0 Å². The molecule has 122 valence electrons. The SMILES string of the molecule is CCN1C(=O)C(C)(C)COc2ccc(NS(=O)(=O)CBr)cc21. The number of ether oxygens (including phenoxy) is 1. The number of halogens is 1. The molecule has 1 aliphatic heterocycles. The summed E-state index contributed by atoms with van der Waals surface area (Å²) in [4.78, 5) is 14.2. The van der Waals surface area contributed by atoms with Gasteiger partial charge in [-0.1, -0.05) is 15.9 Å². The van der Waals surface area contributed by atoms with E-state index >= 15 is 0 Å². The smallest absolute Gasteiger partial charge is 0.242 e. The highest BCUT2D eigenvalue weighted by Crippen LogP contribution is 2.38. The Kier molecular flexibility index (Phi) is 4.72. The molecular formula is C14H19BrN2O4S. The molecular weight excluding hydrogens is 372 g/mol. The number of nitrogens with zero attached hydrogens (tertiary/aromatic N) is 1. The fourth-order valence-corrected chi connectivity index (χ4v) is 3.11. The molecule has 0 bridgehead atoms. The van der Waals surface area contributed by atoms with E-state index < -0.39 is 15.4 Å². The molecule has 0 saturated heterocycles. The molecule has 0 spiro atoms. The number of carbonyl (C=O) groups is 1.